The van der Waals surface area contributed by atoms with E-state index in [0.29, 0.717) is 0 Å². The number of piperidine rings is 1. The zero-order valence-corrected chi connectivity index (χ0v) is 9.86. The largest absolute Gasteiger partial charge is 0.304 e. The van der Waals surface area contributed by atoms with E-state index in [-0.39, 0.29) is 5.41 Å². The molecule has 1 fully saturated rings. The first-order chi connectivity index (χ1) is 7.80. The van der Waals surface area contributed by atoms with Crippen molar-refractivity contribution in [1.29, 1.82) is 0 Å². The topological polar surface area (TPSA) is 20.3 Å². The minimum absolute atomic E-state index is 0.229. The minimum Gasteiger partial charge on any atom is -0.304 e. The number of carbonyl (C=O) groups is 1. The fourth-order valence-electron chi connectivity index (χ4n) is 2.51. The predicted octanol–water partition coefficient (Wildman–Crippen LogP) is 2.24. The van der Waals surface area contributed by atoms with Crippen LogP contribution in [0.1, 0.15) is 25.3 Å². The molecule has 0 saturated carbocycles. The van der Waals surface area contributed by atoms with Crippen molar-refractivity contribution in [3.8, 4) is 0 Å². The van der Waals surface area contributed by atoms with Crippen molar-refractivity contribution in [3.05, 3.63) is 35.9 Å². The first-order valence-corrected chi connectivity index (χ1v) is 6.05. The molecule has 16 heavy (non-hydrogen) atoms. The van der Waals surface area contributed by atoms with Crippen molar-refractivity contribution in [3.63, 3.8) is 0 Å². The van der Waals surface area contributed by atoms with Gasteiger partial charge in [0.25, 0.3) is 0 Å². The van der Waals surface area contributed by atoms with Crippen molar-refractivity contribution < 1.29 is 4.79 Å². The minimum atomic E-state index is -0.229. The maximum atomic E-state index is 11.5. The van der Waals surface area contributed by atoms with E-state index in [4.69, 9.17) is 0 Å². The van der Waals surface area contributed by atoms with E-state index in [1.807, 2.05) is 18.2 Å². The fourth-order valence-corrected chi connectivity index (χ4v) is 2.51. The summed E-state index contributed by atoms with van der Waals surface area (Å²) in [5, 5.41) is 0. The third-order valence-electron chi connectivity index (χ3n) is 3.77. The molecule has 1 aliphatic rings. The molecule has 1 aromatic rings. The lowest BCUT2D eigenvalue weighted by Gasteiger charge is -2.38. The van der Waals surface area contributed by atoms with Gasteiger partial charge in [0.05, 0.1) is 5.41 Å². The molecule has 86 valence electrons. The normalized spacial score (nSPS) is 20.6. The van der Waals surface area contributed by atoms with E-state index in [2.05, 4.69) is 24.0 Å². The van der Waals surface area contributed by atoms with Crippen LogP contribution >= 0.6 is 0 Å². The van der Waals surface area contributed by atoms with Gasteiger partial charge in [-0.15, -0.1) is 0 Å². The van der Waals surface area contributed by atoms with Crippen LogP contribution in [0.25, 0.3) is 0 Å². The maximum absolute atomic E-state index is 11.5. The van der Waals surface area contributed by atoms with Crippen LogP contribution in [-0.4, -0.2) is 30.8 Å². The number of nitrogens with zero attached hydrogens (tertiary/aromatic N) is 1. The number of likely N-dealkylation sites (tertiary alicyclic amines) is 1. The van der Waals surface area contributed by atoms with Gasteiger partial charge in [-0.25, -0.2) is 0 Å². The van der Waals surface area contributed by atoms with Crippen molar-refractivity contribution in [2.24, 2.45) is 0 Å². The number of hydrogen-bond donors (Lipinski definition) is 0. The molecule has 0 radical (unpaired) electrons. The lowest BCUT2D eigenvalue weighted by molar-refractivity contribution is -0.114. The second-order valence-electron chi connectivity index (χ2n) is 4.57. The van der Waals surface area contributed by atoms with Gasteiger partial charge in [0, 0.05) is 0 Å². The van der Waals surface area contributed by atoms with Crippen LogP contribution in [0, 0.1) is 0 Å². The molecule has 2 nitrogen and oxygen atoms in total. The highest BCUT2D eigenvalue weighted by atomic mass is 16.1. The molecule has 2 heteroatoms. The monoisotopic (exact) mass is 217 g/mol. The summed E-state index contributed by atoms with van der Waals surface area (Å²) in [7, 11) is 0. The van der Waals surface area contributed by atoms with Crippen molar-refractivity contribution in [2.75, 3.05) is 19.6 Å². The summed E-state index contributed by atoms with van der Waals surface area (Å²) >= 11 is 0. The fraction of sp³-hybridized carbons (Fsp3) is 0.500. The molecule has 0 N–H and O–H groups in total. The van der Waals surface area contributed by atoms with E-state index in [0.717, 1.165) is 38.8 Å². The highest BCUT2D eigenvalue weighted by Crippen LogP contribution is 2.33. The second kappa shape index (κ2) is 4.79. The summed E-state index contributed by atoms with van der Waals surface area (Å²) in [6, 6.07) is 10.2. The van der Waals surface area contributed by atoms with Crippen molar-refractivity contribution in [2.45, 2.75) is 25.2 Å². The molecule has 0 amide bonds. The number of benzene rings is 1. The standard InChI is InChI=1S/C14H19NO/c1-2-15-10-8-14(12-16,9-11-15)13-6-4-3-5-7-13/h3-7,12H,2,8-11H2,1H3. The van der Waals surface area contributed by atoms with Crippen LogP contribution in [0.3, 0.4) is 0 Å². The lowest BCUT2D eigenvalue weighted by atomic mass is 9.74. The van der Waals surface area contributed by atoms with Crippen LogP contribution in [0.4, 0.5) is 0 Å². The molecule has 1 heterocycles. The third-order valence-corrected chi connectivity index (χ3v) is 3.77. The zero-order chi connectivity index (χ0) is 11.4. The number of carbonyl (C=O) groups excluding carboxylic acids is 1. The quantitative estimate of drug-likeness (QED) is 0.724. The molecule has 1 saturated heterocycles. The average Bonchev–Trinajstić information content (AvgIpc) is 2.40. The van der Waals surface area contributed by atoms with E-state index in [1.54, 1.807) is 0 Å². The zero-order valence-electron chi connectivity index (χ0n) is 9.86. The Morgan fingerprint density at radius 3 is 2.38 bits per heavy atom. The Morgan fingerprint density at radius 1 is 1.25 bits per heavy atom. The second-order valence-corrected chi connectivity index (χ2v) is 4.57. The molecular weight excluding hydrogens is 198 g/mol. The summed E-state index contributed by atoms with van der Waals surface area (Å²) in [4.78, 5) is 13.9. The summed E-state index contributed by atoms with van der Waals surface area (Å²) in [6.07, 6.45) is 3.07. The number of hydrogen-bond acceptors (Lipinski definition) is 2. The molecule has 0 bridgehead atoms. The Kier molecular flexibility index (Phi) is 3.39. The Hall–Kier alpha value is -1.15. The summed E-state index contributed by atoms with van der Waals surface area (Å²) in [6.45, 7) is 5.33. The third kappa shape index (κ3) is 2.03. The number of rotatable bonds is 3. The van der Waals surface area contributed by atoms with Crippen molar-refractivity contribution in [1.82, 2.24) is 4.90 Å². The van der Waals surface area contributed by atoms with E-state index in [9.17, 15) is 4.79 Å². The van der Waals surface area contributed by atoms with Crippen LogP contribution in [0.15, 0.2) is 30.3 Å². The molecule has 0 aliphatic carbocycles. The lowest BCUT2D eigenvalue weighted by Crippen LogP contribution is -2.43. The van der Waals surface area contributed by atoms with Gasteiger partial charge in [0.1, 0.15) is 6.29 Å². The van der Waals surface area contributed by atoms with Gasteiger partial charge in [0.15, 0.2) is 0 Å². The number of aldehydes is 1. The first kappa shape index (κ1) is 11.3. The Balaban J connectivity index is 2.19. The van der Waals surface area contributed by atoms with Gasteiger partial charge in [-0.1, -0.05) is 37.3 Å². The van der Waals surface area contributed by atoms with Crippen LogP contribution in [0.2, 0.25) is 0 Å². The highest BCUT2D eigenvalue weighted by Gasteiger charge is 2.35. The van der Waals surface area contributed by atoms with E-state index in [1.165, 1.54) is 5.56 Å². The Bertz CT molecular complexity index is 339. The molecule has 2 rings (SSSR count). The SMILES string of the molecule is CCN1CCC(C=O)(c2ccccc2)CC1. The van der Waals surface area contributed by atoms with Crippen LogP contribution in [0.5, 0.6) is 0 Å². The van der Waals surface area contributed by atoms with E-state index < -0.39 is 0 Å². The van der Waals surface area contributed by atoms with Gasteiger partial charge in [-0.3, -0.25) is 0 Å². The molecule has 0 spiro atoms. The highest BCUT2D eigenvalue weighted by molar-refractivity contribution is 5.68. The summed E-state index contributed by atoms with van der Waals surface area (Å²) in [5.41, 5.74) is 0.952. The van der Waals surface area contributed by atoms with Crippen LogP contribution < -0.4 is 0 Å². The Labute approximate surface area is 97.3 Å². The average molecular weight is 217 g/mol. The van der Waals surface area contributed by atoms with Crippen molar-refractivity contribution >= 4 is 6.29 Å². The predicted molar refractivity (Wildman–Crippen MR) is 65.5 cm³/mol. The summed E-state index contributed by atoms with van der Waals surface area (Å²) in [5.74, 6) is 0. The maximum Gasteiger partial charge on any atom is 0.130 e. The smallest absolute Gasteiger partial charge is 0.130 e. The molecular formula is C14H19NO. The van der Waals surface area contributed by atoms with Crippen LogP contribution in [-0.2, 0) is 10.2 Å². The van der Waals surface area contributed by atoms with Gasteiger partial charge in [0.2, 0.25) is 0 Å². The molecule has 0 aromatic heterocycles. The van der Waals surface area contributed by atoms with Gasteiger partial charge in [-0.2, -0.15) is 0 Å². The molecule has 1 aromatic carbocycles. The van der Waals surface area contributed by atoms with Gasteiger partial charge >= 0.3 is 0 Å². The molecule has 1 aliphatic heterocycles. The van der Waals surface area contributed by atoms with E-state index >= 15 is 0 Å². The molecule has 0 atom stereocenters. The molecule has 0 unspecified atom stereocenters. The Morgan fingerprint density at radius 2 is 1.88 bits per heavy atom. The summed E-state index contributed by atoms with van der Waals surface area (Å²) < 4.78 is 0. The first-order valence-electron chi connectivity index (χ1n) is 6.05. The van der Waals surface area contributed by atoms with Gasteiger partial charge in [-0.05, 0) is 38.0 Å². The van der Waals surface area contributed by atoms with Gasteiger partial charge < -0.3 is 9.69 Å².